The predicted molar refractivity (Wildman–Crippen MR) is 141 cm³/mol. The standard InChI is InChI=1S/C28H29Cl2N3O/c1-2-3-13-32-28(34)22-12-11-19(20-9-6-10-23(29)26(20)30)24-18-7-4-5-8-21(18)27(25(22)24)33-16-14-31-15-17-33/h4-12,27,31H,2-3,13-17H2,1H3,(H,32,34). The molecule has 6 heteroatoms. The van der Waals surface area contributed by atoms with Gasteiger partial charge in [-0.15, -0.1) is 0 Å². The number of rotatable bonds is 6. The highest BCUT2D eigenvalue weighted by Crippen LogP contribution is 2.52. The molecule has 0 bridgehead atoms. The second-order valence-corrected chi connectivity index (χ2v) is 9.72. The molecule has 1 saturated heterocycles. The van der Waals surface area contributed by atoms with Crippen molar-refractivity contribution >= 4 is 29.1 Å². The number of nitrogens with zero attached hydrogens (tertiary/aromatic N) is 1. The van der Waals surface area contributed by atoms with Gasteiger partial charge in [0.1, 0.15) is 0 Å². The smallest absolute Gasteiger partial charge is 0.251 e. The van der Waals surface area contributed by atoms with Crippen molar-refractivity contribution in [2.75, 3.05) is 32.7 Å². The monoisotopic (exact) mass is 493 g/mol. The topological polar surface area (TPSA) is 44.4 Å². The second kappa shape index (κ2) is 10.1. The molecule has 4 nitrogen and oxygen atoms in total. The maximum Gasteiger partial charge on any atom is 0.251 e. The Labute approximate surface area is 211 Å². The van der Waals surface area contributed by atoms with Crippen LogP contribution < -0.4 is 10.6 Å². The van der Waals surface area contributed by atoms with Gasteiger partial charge in [0.05, 0.1) is 16.1 Å². The molecule has 176 valence electrons. The van der Waals surface area contributed by atoms with Gasteiger partial charge in [-0.1, -0.05) is 79.0 Å². The van der Waals surface area contributed by atoms with Crippen LogP contribution in [0.4, 0.5) is 0 Å². The van der Waals surface area contributed by atoms with Crippen LogP contribution in [0.15, 0.2) is 54.6 Å². The van der Waals surface area contributed by atoms with Crippen molar-refractivity contribution in [1.29, 1.82) is 0 Å². The number of nitrogens with one attached hydrogen (secondary N) is 2. The zero-order valence-electron chi connectivity index (χ0n) is 19.3. The summed E-state index contributed by atoms with van der Waals surface area (Å²) in [7, 11) is 0. The Morgan fingerprint density at radius 1 is 1.00 bits per heavy atom. The fraction of sp³-hybridized carbons (Fsp3) is 0.321. The number of unbranched alkanes of at least 4 members (excludes halogenated alkanes) is 1. The zero-order valence-corrected chi connectivity index (χ0v) is 20.8. The van der Waals surface area contributed by atoms with Crippen molar-refractivity contribution < 1.29 is 4.79 Å². The molecule has 1 unspecified atom stereocenters. The van der Waals surface area contributed by atoms with E-state index in [0.29, 0.717) is 16.6 Å². The Hall–Kier alpha value is -2.37. The minimum atomic E-state index is -0.0126. The Kier molecular flexibility index (Phi) is 6.94. The Morgan fingerprint density at radius 2 is 1.76 bits per heavy atom. The van der Waals surface area contributed by atoms with E-state index in [1.807, 2.05) is 24.3 Å². The maximum atomic E-state index is 13.4. The van der Waals surface area contributed by atoms with Gasteiger partial charge in [-0.05, 0) is 46.4 Å². The Morgan fingerprint density at radius 3 is 2.56 bits per heavy atom. The lowest BCUT2D eigenvalue weighted by atomic mass is 9.90. The van der Waals surface area contributed by atoms with Gasteiger partial charge in [-0.3, -0.25) is 9.69 Å². The lowest BCUT2D eigenvalue weighted by Crippen LogP contribution is -2.45. The largest absolute Gasteiger partial charge is 0.352 e. The van der Waals surface area contributed by atoms with Crippen LogP contribution in [-0.2, 0) is 0 Å². The molecule has 1 fully saturated rings. The molecule has 3 aromatic rings. The van der Waals surface area contributed by atoms with E-state index >= 15 is 0 Å². The number of carbonyl (C=O) groups is 1. The molecule has 0 radical (unpaired) electrons. The number of carbonyl (C=O) groups excluding carboxylic acids is 1. The molecule has 5 rings (SSSR count). The van der Waals surface area contributed by atoms with Crippen LogP contribution in [0.1, 0.15) is 47.3 Å². The van der Waals surface area contributed by atoms with E-state index in [0.717, 1.165) is 72.4 Å². The molecule has 2 N–H and O–H groups in total. The highest BCUT2D eigenvalue weighted by atomic mass is 35.5. The summed E-state index contributed by atoms with van der Waals surface area (Å²) >= 11 is 13.1. The minimum absolute atomic E-state index is 0.0126. The second-order valence-electron chi connectivity index (χ2n) is 8.94. The summed E-state index contributed by atoms with van der Waals surface area (Å²) in [5, 5.41) is 7.66. The first-order valence-corrected chi connectivity index (χ1v) is 12.8. The van der Waals surface area contributed by atoms with Gasteiger partial charge in [0.15, 0.2) is 0 Å². The molecule has 1 amide bonds. The molecular weight excluding hydrogens is 465 g/mol. The third-order valence-electron chi connectivity index (χ3n) is 6.86. The number of benzene rings is 3. The van der Waals surface area contributed by atoms with Crippen LogP contribution >= 0.6 is 23.2 Å². The van der Waals surface area contributed by atoms with Crippen molar-refractivity contribution in [3.8, 4) is 22.3 Å². The number of halogens is 2. The summed E-state index contributed by atoms with van der Waals surface area (Å²) in [4.78, 5) is 15.9. The average Bonchev–Trinajstić information content (AvgIpc) is 3.21. The summed E-state index contributed by atoms with van der Waals surface area (Å²) in [6.45, 7) is 6.54. The number of piperazine rings is 1. The first-order chi connectivity index (χ1) is 16.6. The summed E-state index contributed by atoms with van der Waals surface area (Å²) < 4.78 is 0. The van der Waals surface area contributed by atoms with E-state index in [2.05, 4.69) is 46.7 Å². The summed E-state index contributed by atoms with van der Waals surface area (Å²) in [5.41, 5.74) is 7.21. The van der Waals surface area contributed by atoms with Crippen molar-refractivity contribution in [2.45, 2.75) is 25.8 Å². The molecule has 1 heterocycles. The fourth-order valence-electron chi connectivity index (χ4n) is 5.24. The van der Waals surface area contributed by atoms with E-state index in [9.17, 15) is 4.79 Å². The van der Waals surface area contributed by atoms with Crippen LogP contribution in [0.2, 0.25) is 10.0 Å². The van der Waals surface area contributed by atoms with Crippen molar-refractivity contribution in [2.24, 2.45) is 0 Å². The molecule has 2 aliphatic rings. The summed E-state index contributed by atoms with van der Waals surface area (Å²) in [6.07, 6.45) is 2.00. The summed E-state index contributed by atoms with van der Waals surface area (Å²) in [6, 6.07) is 18.3. The van der Waals surface area contributed by atoms with Crippen molar-refractivity contribution in [3.05, 3.63) is 81.3 Å². The first-order valence-electron chi connectivity index (χ1n) is 12.0. The van der Waals surface area contributed by atoms with Gasteiger partial charge < -0.3 is 10.6 Å². The molecule has 1 aliphatic heterocycles. The van der Waals surface area contributed by atoms with E-state index in [1.54, 1.807) is 6.07 Å². The molecule has 0 saturated carbocycles. The fourth-order valence-corrected chi connectivity index (χ4v) is 5.64. The van der Waals surface area contributed by atoms with Gasteiger partial charge in [-0.2, -0.15) is 0 Å². The molecule has 0 aromatic heterocycles. The van der Waals surface area contributed by atoms with Gasteiger partial charge in [0.25, 0.3) is 5.91 Å². The number of amides is 1. The van der Waals surface area contributed by atoms with Gasteiger partial charge in [-0.25, -0.2) is 0 Å². The molecular formula is C28H29Cl2N3O. The number of hydrogen-bond donors (Lipinski definition) is 2. The molecule has 34 heavy (non-hydrogen) atoms. The van der Waals surface area contributed by atoms with Gasteiger partial charge in [0.2, 0.25) is 0 Å². The highest BCUT2D eigenvalue weighted by Gasteiger charge is 2.38. The van der Waals surface area contributed by atoms with Crippen molar-refractivity contribution in [1.82, 2.24) is 15.5 Å². The van der Waals surface area contributed by atoms with Crippen LogP contribution in [0.25, 0.3) is 22.3 Å². The molecule has 1 aliphatic carbocycles. The third kappa shape index (κ3) is 4.14. The minimum Gasteiger partial charge on any atom is -0.352 e. The van der Waals surface area contributed by atoms with E-state index < -0.39 is 0 Å². The van der Waals surface area contributed by atoms with E-state index in [4.69, 9.17) is 23.2 Å². The molecule has 3 aromatic carbocycles. The molecule has 1 atom stereocenters. The predicted octanol–water partition coefficient (Wildman–Crippen LogP) is 6.17. The Bertz CT molecular complexity index is 1220. The normalized spacial score (nSPS) is 17.3. The van der Waals surface area contributed by atoms with Gasteiger partial charge in [0, 0.05) is 43.9 Å². The average molecular weight is 494 g/mol. The summed E-state index contributed by atoms with van der Waals surface area (Å²) in [5.74, 6) is -0.0126. The van der Waals surface area contributed by atoms with Crippen LogP contribution in [0.3, 0.4) is 0 Å². The lowest BCUT2D eigenvalue weighted by Gasteiger charge is -2.34. The van der Waals surface area contributed by atoms with Gasteiger partial charge >= 0.3 is 0 Å². The zero-order chi connectivity index (χ0) is 23.7. The number of fused-ring (bicyclic) bond motifs is 3. The number of hydrogen-bond acceptors (Lipinski definition) is 3. The molecule has 0 spiro atoms. The quantitative estimate of drug-likeness (QED) is 0.403. The van der Waals surface area contributed by atoms with Crippen molar-refractivity contribution in [3.63, 3.8) is 0 Å². The third-order valence-corrected chi connectivity index (χ3v) is 7.68. The SMILES string of the molecule is CCCCNC(=O)c1ccc(-c2cccc(Cl)c2Cl)c2c1C(N1CCNCC1)c1ccccc1-2. The van der Waals surface area contributed by atoms with E-state index in [1.165, 1.54) is 5.56 Å². The maximum absolute atomic E-state index is 13.4. The highest BCUT2D eigenvalue weighted by molar-refractivity contribution is 6.43. The first kappa shape index (κ1) is 23.4. The van der Waals surface area contributed by atoms with Crippen LogP contribution in [0.5, 0.6) is 0 Å². The van der Waals surface area contributed by atoms with E-state index in [-0.39, 0.29) is 11.9 Å². The van der Waals surface area contributed by atoms with Crippen LogP contribution in [-0.4, -0.2) is 43.5 Å². The lowest BCUT2D eigenvalue weighted by molar-refractivity contribution is 0.0950. The Balaban J connectivity index is 1.74. The van der Waals surface area contributed by atoms with Crippen LogP contribution in [0, 0.1) is 0 Å².